The molecule has 2 aromatic rings. The first-order valence-corrected chi connectivity index (χ1v) is 16.0. The van der Waals surface area contributed by atoms with Crippen molar-refractivity contribution in [2.24, 2.45) is 0 Å². The highest BCUT2D eigenvalue weighted by molar-refractivity contribution is 6.46. The lowest BCUT2D eigenvalue weighted by Crippen LogP contribution is -2.30. The predicted molar refractivity (Wildman–Crippen MR) is 172 cm³/mol. The first-order valence-electron chi connectivity index (χ1n) is 15.7. The van der Waals surface area contributed by atoms with E-state index in [1.807, 2.05) is 43.3 Å². The molecule has 0 bridgehead atoms. The molecule has 1 N–H and O–H groups in total. The van der Waals surface area contributed by atoms with Gasteiger partial charge in [0.1, 0.15) is 5.76 Å². The number of amides is 1. The molecule has 2 aromatic carbocycles. The Morgan fingerprint density at radius 3 is 1.73 bits per heavy atom. The average molecular weight is 581 g/mol. The number of ketones is 1. The Hall–Kier alpha value is -2.79. The normalized spacial score (nSPS) is 16.5. The zero-order valence-electron chi connectivity index (χ0n) is 25.3. The topological polar surface area (TPSA) is 60.9 Å². The Kier molecular flexibility index (Phi) is 13.8. The molecule has 0 unspecified atom stereocenters. The van der Waals surface area contributed by atoms with Crippen molar-refractivity contribution in [3.05, 3.63) is 70.3 Å². The number of unbranched alkanes of at least 4 members (excludes halogenated alkanes) is 13. The van der Waals surface area contributed by atoms with E-state index in [2.05, 4.69) is 6.92 Å². The molecule has 0 radical (unpaired) electrons. The lowest BCUT2D eigenvalue weighted by Gasteiger charge is -2.26. The molecule has 1 fully saturated rings. The third-order valence-electron chi connectivity index (χ3n) is 8.14. The molecule has 5 nitrogen and oxygen atoms in total. The molecule has 1 heterocycles. The number of anilines is 1. The number of Topliss-reactive ketones (excluding diaryl/α,β-unsaturated/α-hetero) is 1. The highest BCUT2D eigenvalue weighted by atomic mass is 35.5. The number of benzene rings is 2. The molecule has 0 spiro atoms. The van der Waals surface area contributed by atoms with Crippen molar-refractivity contribution in [2.75, 3.05) is 25.5 Å². The van der Waals surface area contributed by atoms with Gasteiger partial charge in [-0.15, -0.1) is 0 Å². The largest absolute Gasteiger partial charge is 0.507 e. The second-order valence-corrected chi connectivity index (χ2v) is 12.0. The van der Waals surface area contributed by atoms with Gasteiger partial charge in [0, 0.05) is 36.9 Å². The first-order chi connectivity index (χ1) is 19.8. The van der Waals surface area contributed by atoms with E-state index in [-0.39, 0.29) is 11.3 Å². The van der Waals surface area contributed by atoms with Gasteiger partial charge in [0.05, 0.1) is 11.6 Å². The number of hydrogen-bond acceptors (Lipinski definition) is 4. The van der Waals surface area contributed by atoms with Gasteiger partial charge in [-0.2, -0.15) is 0 Å². The fourth-order valence-corrected chi connectivity index (χ4v) is 5.78. The molecule has 6 heteroatoms. The summed E-state index contributed by atoms with van der Waals surface area (Å²) in [6, 6.07) is 13.9. The molecule has 1 atom stereocenters. The van der Waals surface area contributed by atoms with Gasteiger partial charge in [0.2, 0.25) is 0 Å². The monoisotopic (exact) mass is 580 g/mol. The van der Waals surface area contributed by atoms with Crippen molar-refractivity contribution in [1.29, 1.82) is 0 Å². The summed E-state index contributed by atoms with van der Waals surface area (Å²) in [5, 5.41) is 11.8. The summed E-state index contributed by atoms with van der Waals surface area (Å²) in [7, 11) is 3.94. The third kappa shape index (κ3) is 9.63. The number of hydrogen-bond donors (Lipinski definition) is 1. The molecule has 1 aliphatic rings. The highest BCUT2D eigenvalue weighted by Crippen LogP contribution is 2.40. The van der Waals surface area contributed by atoms with E-state index in [1.165, 1.54) is 70.6 Å². The minimum atomic E-state index is -0.635. The van der Waals surface area contributed by atoms with Crippen LogP contribution in [0, 0.1) is 0 Å². The van der Waals surface area contributed by atoms with Crippen LogP contribution in [0.15, 0.2) is 54.1 Å². The number of carbonyl (C=O) groups is 2. The number of aliphatic hydroxyl groups excluding tert-OH is 1. The van der Waals surface area contributed by atoms with Gasteiger partial charge in [-0.25, -0.2) is 0 Å². The second kappa shape index (κ2) is 17.2. The van der Waals surface area contributed by atoms with Crippen LogP contribution in [0.1, 0.15) is 114 Å². The Balaban J connectivity index is 1.57. The van der Waals surface area contributed by atoms with Gasteiger partial charge in [-0.3, -0.25) is 9.59 Å². The quantitative estimate of drug-likeness (QED) is 0.0825. The van der Waals surface area contributed by atoms with Crippen LogP contribution < -0.4 is 4.90 Å². The fourth-order valence-electron chi connectivity index (χ4n) is 5.65. The minimum Gasteiger partial charge on any atom is -0.507 e. The standard InChI is InChI=1S/C35H49ClN2O3/c1-4-5-6-7-8-9-10-11-12-13-14-15-16-17-26-38-32(27-20-24-30(25-21-27)37(2)3)31(34(40)35(38)41)33(39)28-18-22-29(36)23-19-28/h18-25,32,39H,4-17,26H2,1-3H3/b33-31+/t32-/m1/s1. The lowest BCUT2D eigenvalue weighted by atomic mass is 9.95. The molecule has 1 aliphatic heterocycles. The zero-order valence-corrected chi connectivity index (χ0v) is 26.1. The van der Waals surface area contributed by atoms with E-state index in [0.717, 1.165) is 30.5 Å². The van der Waals surface area contributed by atoms with Crippen molar-refractivity contribution in [3.63, 3.8) is 0 Å². The molecule has 0 aliphatic carbocycles. The van der Waals surface area contributed by atoms with Gasteiger partial charge in [-0.1, -0.05) is 114 Å². The minimum absolute atomic E-state index is 0.139. The van der Waals surface area contributed by atoms with Crippen molar-refractivity contribution in [1.82, 2.24) is 4.90 Å². The van der Waals surface area contributed by atoms with Crippen LogP contribution in [0.25, 0.3) is 5.76 Å². The maximum atomic E-state index is 13.3. The van der Waals surface area contributed by atoms with Crippen LogP contribution in [0.2, 0.25) is 5.02 Å². The second-order valence-electron chi connectivity index (χ2n) is 11.6. The van der Waals surface area contributed by atoms with Crippen molar-refractivity contribution < 1.29 is 14.7 Å². The summed E-state index contributed by atoms with van der Waals surface area (Å²) in [4.78, 5) is 30.1. The Bertz CT molecular complexity index is 1130. The summed E-state index contributed by atoms with van der Waals surface area (Å²) in [6.45, 7) is 2.75. The van der Waals surface area contributed by atoms with Gasteiger partial charge in [-0.05, 0) is 48.4 Å². The fraction of sp³-hybridized carbons (Fsp3) is 0.543. The van der Waals surface area contributed by atoms with Crippen LogP contribution >= 0.6 is 11.6 Å². The van der Waals surface area contributed by atoms with Gasteiger partial charge in [0.25, 0.3) is 11.7 Å². The predicted octanol–water partition coefficient (Wildman–Crippen LogP) is 9.31. The van der Waals surface area contributed by atoms with Crippen LogP contribution in [-0.2, 0) is 9.59 Å². The average Bonchev–Trinajstić information content (AvgIpc) is 3.22. The molecule has 3 rings (SSSR count). The van der Waals surface area contributed by atoms with E-state index in [0.29, 0.717) is 17.1 Å². The van der Waals surface area contributed by atoms with E-state index in [1.54, 1.807) is 29.2 Å². The maximum Gasteiger partial charge on any atom is 0.295 e. The van der Waals surface area contributed by atoms with Crippen LogP contribution in [0.5, 0.6) is 0 Å². The first kappa shape index (κ1) is 32.7. The summed E-state index contributed by atoms with van der Waals surface area (Å²) < 4.78 is 0. The SMILES string of the molecule is CCCCCCCCCCCCCCCCN1C(=O)C(=O)/C(=C(/O)c2ccc(Cl)cc2)[C@H]1c1ccc(N(C)C)cc1. The third-order valence-corrected chi connectivity index (χ3v) is 8.39. The van der Waals surface area contributed by atoms with Gasteiger partial charge in [0.15, 0.2) is 0 Å². The van der Waals surface area contributed by atoms with Crippen molar-refractivity contribution in [3.8, 4) is 0 Å². The number of carbonyl (C=O) groups excluding carboxylic acids is 2. The van der Waals surface area contributed by atoms with E-state index < -0.39 is 17.7 Å². The van der Waals surface area contributed by atoms with E-state index in [9.17, 15) is 14.7 Å². The van der Waals surface area contributed by atoms with Gasteiger partial charge >= 0.3 is 0 Å². The molecule has 0 saturated carbocycles. The Morgan fingerprint density at radius 1 is 0.756 bits per heavy atom. The van der Waals surface area contributed by atoms with Crippen LogP contribution in [-0.4, -0.2) is 42.3 Å². The molecule has 224 valence electrons. The molecular weight excluding hydrogens is 532 g/mol. The summed E-state index contributed by atoms with van der Waals surface area (Å²) in [5.74, 6) is -1.34. The molecule has 41 heavy (non-hydrogen) atoms. The number of rotatable bonds is 18. The zero-order chi connectivity index (χ0) is 29.6. The molecule has 1 amide bonds. The molecular formula is C35H49ClN2O3. The number of likely N-dealkylation sites (tertiary alicyclic amines) is 1. The summed E-state index contributed by atoms with van der Waals surface area (Å²) in [6.07, 6.45) is 17.7. The maximum absolute atomic E-state index is 13.3. The van der Waals surface area contributed by atoms with Crippen LogP contribution in [0.3, 0.4) is 0 Å². The van der Waals surface area contributed by atoms with E-state index in [4.69, 9.17) is 11.6 Å². The molecule has 1 saturated heterocycles. The van der Waals surface area contributed by atoms with E-state index >= 15 is 0 Å². The lowest BCUT2D eigenvalue weighted by molar-refractivity contribution is -0.139. The summed E-state index contributed by atoms with van der Waals surface area (Å²) in [5.41, 5.74) is 2.45. The van der Waals surface area contributed by atoms with Crippen LogP contribution in [0.4, 0.5) is 5.69 Å². The Morgan fingerprint density at radius 2 is 1.24 bits per heavy atom. The molecule has 0 aromatic heterocycles. The van der Waals surface area contributed by atoms with Crippen molar-refractivity contribution >= 4 is 34.7 Å². The summed E-state index contributed by atoms with van der Waals surface area (Å²) >= 11 is 6.04. The highest BCUT2D eigenvalue weighted by Gasteiger charge is 2.45. The Labute approximate surface area is 252 Å². The number of nitrogens with zero attached hydrogens (tertiary/aromatic N) is 2. The van der Waals surface area contributed by atoms with Gasteiger partial charge < -0.3 is 14.9 Å². The van der Waals surface area contributed by atoms with Crippen molar-refractivity contribution in [2.45, 2.75) is 103 Å². The number of aliphatic hydroxyl groups is 1. The smallest absolute Gasteiger partial charge is 0.295 e. The number of halogens is 1.